The van der Waals surface area contributed by atoms with Gasteiger partial charge in [-0.1, -0.05) is 0 Å². The van der Waals surface area contributed by atoms with Crippen LogP contribution in [0.1, 0.15) is 0 Å². The first-order chi connectivity index (χ1) is 1.91. The average Bonchev–Trinajstić information content (AvgIpc) is 1.37. The molecule has 0 aromatic heterocycles. The van der Waals surface area contributed by atoms with Crippen LogP contribution >= 0.6 is 0 Å². The number of aliphatic hydroxyl groups excluding tert-OH is 1. The van der Waals surface area contributed by atoms with Gasteiger partial charge in [-0.25, -0.2) is 0 Å². The topological polar surface area (TPSA) is 20.2 Å². The van der Waals surface area contributed by atoms with E-state index in [1.807, 2.05) is 0 Å². The van der Waals surface area contributed by atoms with Gasteiger partial charge in [-0.15, -0.1) is 0 Å². The molecule has 5 heavy (non-hydrogen) atoms. The van der Waals surface area contributed by atoms with Crippen molar-refractivity contribution in [3.8, 4) is 0 Å². The molecule has 0 saturated carbocycles. The quantitative estimate of drug-likeness (QED) is 0.433. The minimum Gasteiger partial charge on any atom is -0.397 e. The zero-order valence-corrected chi connectivity index (χ0v) is 6.92. The second kappa shape index (κ2) is 8.86. The van der Waals surface area contributed by atoms with Crippen molar-refractivity contribution in [2.45, 2.75) is 6.04 Å². The summed E-state index contributed by atoms with van der Waals surface area (Å²) in [6.07, 6.45) is 0. The van der Waals surface area contributed by atoms with Crippen LogP contribution in [-0.2, 0) is 21.7 Å². The Morgan fingerprint density at radius 3 is 1.80 bits per heavy atom. The second-order valence-corrected chi connectivity index (χ2v) is 1.72. The first-order valence-corrected chi connectivity index (χ1v) is 2.94. The third-order valence-electron chi connectivity index (χ3n) is 0.224. The molecule has 0 spiro atoms. The molecular weight excluding hydrogens is 116 g/mol. The predicted molar refractivity (Wildman–Crippen MR) is 21.8 cm³/mol. The summed E-state index contributed by atoms with van der Waals surface area (Å²) in [6, 6.07) is 1.01. The van der Waals surface area contributed by atoms with Gasteiger partial charge in [-0.05, 0) is 6.04 Å². The molecular formula is C2H8OSiTi. The summed E-state index contributed by atoms with van der Waals surface area (Å²) < 4.78 is 0. The summed E-state index contributed by atoms with van der Waals surface area (Å²) >= 11 is 0. The first kappa shape index (κ1) is 9.31. The second-order valence-electron chi connectivity index (χ2n) is 0.724. The molecule has 0 aromatic rings. The molecule has 0 bridgehead atoms. The first-order valence-electron chi connectivity index (χ1n) is 1.52. The fourth-order valence-corrected chi connectivity index (χ4v) is 0. The van der Waals surface area contributed by atoms with Gasteiger partial charge in [0.15, 0.2) is 0 Å². The van der Waals surface area contributed by atoms with Crippen LogP contribution < -0.4 is 0 Å². The van der Waals surface area contributed by atoms with Gasteiger partial charge in [0, 0.05) is 38.6 Å². The average molecular weight is 124 g/mol. The number of aliphatic hydroxyl groups is 1. The third kappa shape index (κ3) is 11.4. The summed E-state index contributed by atoms with van der Waals surface area (Å²) in [4.78, 5) is 0. The van der Waals surface area contributed by atoms with Gasteiger partial charge < -0.3 is 5.11 Å². The van der Waals surface area contributed by atoms with Crippen molar-refractivity contribution in [1.82, 2.24) is 0 Å². The van der Waals surface area contributed by atoms with Crippen LogP contribution in [-0.4, -0.2) is 22.0 Å². The molecule has 0 rings (SSSR count). The Labute approximate surface area is 50.1 Å². The molecule has 0 saturated heterocycles. The van der Waals surface area contributed by atoms with Crippen molar-refractivity contribution in [2.75, 3.05) is 6.61 Å². The van der Waals surface area contributed by atoms with E-state index in [0.29, 0.717) is 6.61 Å². The van der Waals surface area contributed by atoms with Crippen LogP contribution in [0.3, 0.4) is 0 Å². The van der Waals surface area contributed by atoms with E-state index in [2.05, 4.69) is 0 Å². The molecule has 0 aliphatic rings. The fraction of sp³-hybridized carbons (Fsp3) is 1.00. The number of rotatable bonds is 1. The molecule has 0 atom stereocenters. The smallest absolute Gasteiger partial charge is 0.0399 e. The Morgan fingerprint density at radius 1 is 1.60 bits per heavy atom. The molecule has 0 aromatic carbocycles. The van der Waals surface area contributed by atoms with E-state index in [4.69, 9.17) is 5.11 Å². The fourth-order valence-electron chi connectivity index (χ4n) is 0. The predicted octanol–water partition coefficient (Wildman–Crippen LogP) is -1.24. The monoisotopic (exact) mass is 124 g/mol. The Kier molecular flexibility index (Phi) is 16.5. The van der Waals surface area contributed by atoms with Gasteiger partial charge in [0.25, 0.3) is 0 Å². The maximum absolute atomic E-state index is 7.91. The minimum absolute atomic E-state index is 0. The van der Waals surface area contributed by atoms with E-state index < -0.39 is 0 Å². The van der Waals surface area contributed by atoms with Gasteiger partial charge in [-0.2, -0.15) is 0 Å². The summed E-state index contributed by atoms with van der Waals surface area (Å²) in [5.74, 6) is 0. The maximum Gasteiger partial charge on any atom is 0.0399 e. The molecule has 0 heterocycles. The van der Waals surface area contributed by atoms with Crippen LogP contribution in [0, 0.1) is 0 Å². The number of hydrogen-bond donors (Lipinski definition) is 1. The van der Waals surface area contributed by atoms with Crippen molar-refractivity contribution in [3.05, 3.63) is 0 Å². The van der Waals surface area contributed by atoms with Crippen molar-refractivity contribution < 1.29 is 26.8 Å². The Bertz CT molecular complexity index is 11.6. The summed E-state index contributed by atoms with van der Waals surface area (Å²) in [5, 5.41) is 7.91. The van der Waals surface area contributed by atoms with E-state index in [1.165, 1.54) is 0 Å². The van der Waals surface area contributed by atoms with E-state index in [1.54, 1.807) is 0 Å². The zero-order chi connectivity index (χ0) is 3.41. The van der Waals surface area contributed by atoms with Crippen molar-refractivity contribution >= 4 is 10.2 Å². The van der Waals surface area contributed by atoms with Crippen LogP contribution in [0.4, 0.5) is 0 Å². The Balaban J connectivity index is 0. The summed E-state index contributed by atoms with van der Waals surface area (Å²) in [5.41, 5.74) is 0. The third-order valence-corrected chi connectivity index (χ3v) is 0.671. The van der Waals surface area contributed by atoms with E-state index in [0.717, 1.165) is 16.3 Å². The van der Waals surface area contributed by atoms with Gasteiger partial charge in [0.05, 0.1) is 0 Å². The largest absolute Gasteiger partial charge is 0.397 e. The van der Waals surface area contributed by atoms with Crippen LogP contribution in [0.2, 0.25) is 6.04 Å². The Hall–Kier alpha value is 0.891. The van der Waals surface area contributed by atoms with Gasteiger partial charge in [-0.3, -0.25) is 0 Å². The van der Waals surface area contributed by atoms with Gasteiger partial charge in [0.1, 0.15) is 0 Å². The molecule has 3 heteroatoms. The zero-order valence-electron chi connectivity index (χ0n) is 3.36. The molecule has 0 aliphatic heterocycles. The molecule has 0 amide bonds. The maximum atomic E-state index is 7.91. The molecule has 30 valence electrons. The van der Waals surface area contributed by atoms with E-state index in [9.17, 15) is 0 Å². The standard InChI is InChI=1S/C2H8OSi.Ti/c3-1-2-4;/h3H,1-2H2,4H3;. The van der Waals surface area contributed by atoms with E-state index >= 15 is 0 Å². The van der Waals surface area contributed by atoms with Crippen molar-refractivity contribution in [2.24, 2.45) is 0 Å². The van der Waals surface area contributed by atoms with Gasteiger partial charge >= 0.3 is 0 Å². The summed E-state index contributed by atoms with van der Waals surface area (Å²) in [7, 11) is 1.14. The minimum atomic E-state index is 0. The molecule has 0 radical (unpaired) electrons. The van der Waals surface area contributed by atoms with Gasteiger partial charge in [0.2, 0.25) is 0 Å². The molecule has 0 aliphatic carbocycles. The summed E-state index contributed by atoms with van der Waals surface area (Å²) in [6.45, 7) is 0.381. The normalized spacial score (nSPS) is 6.60. The van der Waals surface area contributed by atoms with Crippen LogP contribution in [0.5, 0.6) is 0 Å². The van der Waals surface area contributed by atoms with Crippen LogP contribution in [0.25, 0.3) is 0 Å². The van der Waals surface area contributed by atoms with E-state index in [-0.39, 0.29) is 21.7 Å². The number of hydrogen-bond acceptors (Lipinski definition) is 1. The Morgan fingerprint density at radius 2 is 1.80 bits per heavy atom. The molecule has 0 unspecified atom stereocenters. The van der Waals surface area contributed by atoms with Crippen LogP contribution in [0.15, 0.2) is 0 Å². The molecule has 0 fully saturated rings. The molecule has 1 N–H and O–H groups in total. The van der Waals surface area contributed by atoms with Crippen molar-refractivity contribution in [1.29, 1.82) is 0 Å². The molecule has 1 nitrogen and oxygen atoms in total. The SMILES string of the molecule is OCC[SiH3].[Ti]. The van der Waals surface area contributed by atoms with Crippen molar-refractivity contribution in [3.63, 3.8) is 0 Å².